The highest BCUT2D eigenvalue weighted by Gasteiger charge is 2.58. The van der Waals surface area contributed by atoms with Gasteiger partial charge in [-0.3, -0.25) is 4.90 Å². The van der Waals surface area contributed by atoms with Crippen LogP contribution in [0.5, 0.6) is 5.75 Å². The molecule has 9 heteroatoms. The number of methoxy groups -OCH3 is 1. The van der Waals surface area contributed by atoms with Crippen molar-refractivity contribution in [2.45, 2.75) is 24.2 Å². The second-order valence-corrected chi connectivity index (χ2v) is 7.37. The molecule has 2 aromatic heterocycles. The molecule has 3 aromatic rings. The molecule has 4 heterocycles. The Morgan fingerprint density at radius 1 is 1.31 bits per heavy atom. The van der Waals surface area contributed by atoms with Gasteiger partial charge < -0.3 is 19.4 Å². The van der Waals surface area contributed by atoms with E-state index in [1.165, 1.54) is 0 Å². The summed E-state index contributed by atoms with van der Waals surface area (Å²) in [7, 11) is 1.56. The summed E-state index contributed by atoms with van der Waals surface area (Å²) in [5.41, 5.74) is 0.746. The van der Waals surface area contributed by atoms with Crippen molar-refractivity contribution in [3.05, 3.63) is 53.5 Å². The van der Waals surface area contributed by atoms with Gasteiger partial charge in [-0.25, -0.2) is 4.79 Å². The lowest BCUT2D eigenvalue weighted by atomic mass is 9.87. The number of carbonyl (C=O) groups excluding carboxylic acids is 1. The third-order valence-electron chi connectivity index (χ3n) is 5.86. The van der Waals surface area contributed by atoms with E-state index in [-0.39, 0.29) is 5.92 Å². The Balaban J connectivity index is 1.79. The average molecular weight is 405 g/mol. The van der Waals surface area contributed by atoms with Crippen molar-refractivity contribution in [3.63, 3.8) is 0 Å². The van der Waals surface area contributed by atoms with Crippen LogP contribution in [0.3, 0.4) is 0 Å². The lowest BCUT2D eigenvalue weighted by Crippen LogP contribution is -2.53. The predicted octanol–water partition coefficient (Wildman–Crippen LogP) is 3.61. The smallest absolute Gasteiger partial charge is 0.491 e. The van der Waals surface area contributed by atoms with Crippen LogP contribution in [0.4, 0.5) is 13.2 Å². The fourth-order valence-electron chi connectivity index (χ4n) is 4.66. The summed E-state index contributed by atoms with van der Waals surface area (Å²) in [4.78, 5) is 20.0. The number of hydrogen-bond acceptors (Lipinski definition) is 4. The van der Waals surface area contributed by atoms with E-state index in [2.05, 4.69) is 9.97 Å². The number of rotatable bonds is 3. The van der Waals surface area contributed by atoms with Crippen LogP contribution in [-0.2, 0) is 15.3 Å². The van der Waals surface area contributed by atoms with Gasteiger partial charge >= 0.3 is 12.1 Å². The van der Waals surface area contributed by atoms with E-state index in [0.717, 1.165) is 22.9 Å². The number of aromatic nitrogens is 2. The van der Waals surface area contributed by atoms with Crippen LogP contribution in [0.2, 0.25) is 0 Å². The van der Waals surface area contributed by atoms with Gasteiger partial charge in [0.05, 0.1) is 18.5 Å². The van der Waals surface area contributed by atoms with Crippen molar-refractivity contribution < 1.29 is 27.4 Å². The van der Waals surface area contributed by atoms with Crippen LogP contribution in [-0.4, -0.2) is 47.2 Å². The Labute approximate surface area is 163 Å². The SMILES string of the molecule is COc1ccc2[nH]c3c(c2c1)C1CCN(C1)C3(OC(=O)C(F)(F)F)c1ccc[nH]1. The molecule has 2 aliphatic rings. The number of benzene rings is 1. The van der Waals surface area contributed by atoms with Crippen molar-refractivity contribution in [3.8, 4) is 5.75 Å². The first kappa shape index (κ1) is 18.1. The summed E-state index contributed by atoms with van der Waals surface area (Å²) in [6.07, 6.45) is -2.75. The molecule has 1 fully saturated rings. The topological polar surface area (TPSA) is 70.3 Å². The Kier molecular flexibility index (Phi) is 3.76. The lowest BCUT2D eigenvalue weighted by Gasteiger charge is -2.43. The highest BCUT2D eigenvalue weighted by atomic mass is 19.4. The lowest BCUT2D eigenvalue weighted by molar-refractivity contribution is -0.227. The maximum atomic E-state index is 13.2. The number of nitrogens with one attached hydrogen (secondary N) is 2. The fourth-order valence-corrected chi connectivity index (χ4v) is 4.66. The number of fused-ring (bicyclic) bond motifs is 6. The maximum absolute atomic E-state index is 13.2. The Bertz CT molecular complexity index is 1090. The standard InChI is InChI=1S/C20H18F3N3O3/c1-28-12-4-5-14-13(9-12)16-11-6-8-26(10-11)19(17(16)25-14,15-3-2-7-24-15)29-18(27)20(21,22)23/h2-5,7,9,11,24-25H,6,8,10H2,1H3. The van der Waals surface area contributed by atoms with Gasteiger partial charge in [0, 0.05) is 36.1 Å². The first-order chi connectivity index (χ1) is 13.8. The van der Waals surface area contributed by atoms with E-state index in [9.17, 15) is 18.0 Å². The Morgan fingerprint density at radius 2 is 2.14 bits per heavy atom. The number of ether oxygens (including phenoxy) is 2. The molecule has 6 nitrogen and oxygen atoms in total. The highest BCUT2D eigenvalue weighted by Crippen LogP contribution is 2.52. The van der Waals surface area contributed by atoms with Crippen molar-refractivity contribution in [1.29, 1.82) is 0 Å². The molecule has 0 aliphatic carbocycles. The highest BCUT2D eigenvalue weighted by molar-refractivity contribution is 5.88. The molecule has 0 amide bonds. The van der Waals surface area contributed by atoms with Gasteiger partial charge in [0.1, 0.15) is 5.75 Å². The third-order valence-corrected chi connectivity index (χ3v) is 5.86. The molecule has 152 valence electrons. The Hall–Kier alpha value is -2.94. The molecule has 0 saturated carbocycles. The second kappa shape index (κ2) is 6.03. The number of aromatic amines is 2. The van der Waals surface area contributed by atoms with E-state index in [0.29, 0.717) is 30.2 Å². The molecular weight excluding hydrogens is 387 g/mol. The molecule has 5 rings (SSSR count). The zero-order chi connectivity index (χ0) is 20.4. The van der Waals surface area contributed by atoms with Crippen LogP contribution in [0.1, 0.15) is 29.3 Å². The zero-order valence-corrected chi connectivity index (χ0v) is 15.5. The van der Waals surface area contributed by atoms with Gasteiger partial charge in [-0.2, -0.15) is 13.2 Å². The minimum absolute atomic E-state index is 0.124. The molecule has 0 radical (unpaired) electrons. The van der Waals surface area contributed by atoms with Crippen molar-refractivity contribution in [1.82, 2.24) is 14.9 Å². The molecule has 0 spiro atoms. The number of hydrogen-bond donors (Lipinski definition) is 2. The largest absolute Gasteiger partial charge is 0.497 e. The quantitative estimate of drug-likeness (QED) is 0.653. The summed E-state index contributed by atoms with van der Waals surface area (Å²) < 4.78 is 50.2. The van der Waals surface area contributed by atoms with E-state index in [4.69, 9.17) is 9.47 Å². The summed E-state index contributed by atoms with van der Waals surface area (Å²) in [5.74, 6) is -1.45. The zero-order valence-electron chi connectivity index (χ0n) is 15.5. The molecule has 3 atom stereocenters. The van der Waals surface area contributed by atoms with Crippen LogP contribution in [0, 0.1) is 0 Å². The van der Waals surface area contributed by atoms with Crippen LogP contribution >= 0.6 is 0 Å². The monoisotopic (exact) mass is 405 g/mol. The number of halogens is 3. The minimum atomic E-state index is -5.11. The van der Waals surface area contributed by atoms with Crippen molar-refractivity contribution in [2.24, 2.45) is 0 Å². The Morgan fingerprint density at radius 3 is 2.83 bits per heavy atom. The van der Waals surface area contributed by atoms with E-state index < -0.39 is 17.9 Å². The van der Waals surface area contributed by atoms with Crippen LogP contribution < -0.4 is 4.74 Å². The van der Waals surface area contributed by atoms with Gasteiger partial charge in [-0.05, 0) is 42.3 Å². The van der Waals surface area contributed by atoms with Gasteiger partial charge in [-0.1, -0.05) is 0 Å². The minimum Gasteiger partial charge on any atom is -0.497 e. The van der Waals surface area contributed by atoms with E-state index in [1.807, 2.05) is 12.1 Å². The van der Waals surface area contributed by atoms with E-state index in [1.54, 1.807) is 36.4 Å². The van der Waals surface area contributed by atoms with Crippen LogP contribution in [0.15, 0.2) is 36.5 Å². The fraction of sp³-hybridized carbons (Fsp3) is 0.350. The number of carbonyl (C=O) groups is 1. The average Bonchev–Trinajstić information content (AvgIpc) is 3.42. The van der Waals surface area contributed by atoms with Crippen LogP contribution in [0.25, 0.3) is 10.9 Å². The molecule has 1 saturated heterocycles. The molecule has 1 aromatic carbocycles. The molecular formula is C20H18F3N3O3. The predicted molar refractivity (Wildman–Crippen MR) is 97.5 cm³/mol. The number of nitrogens with zero attached hydrogens (tertiary/aromatic N) is 1. The number of alkyl halides is 3. The third kappa shape index (κ3) is 2.50. The molecule has 3 unspecified atom stereocenters. The first-order valence-corrected chi connectivity index (χ1v) is 9.23. The molecule has 2 aliphatic heterocycles. The first-order valence-electron chi connectivity index (χ1n) is 9.23. The van der Waals surface area contributed by atoms with Gasteiger partial charge in [0.25, 0.3) is 0 Å². The number of H-pyrrole nitrogens is 2. The normalized spacial score (nSPS) is 25.8. The maximum Gasteiger partial charge on any atom is 0.491 e. The molecule has 2 N–H and O–H groups in total. The molecule has 29 heavy (non-hydrogen) atoms. The summed E-state index contributed by atoms with van der Waals surface area (Å²) >= 11 is 0. The van der Waals surface area contributed by atoms with E-state index >= 15 is 0 Å². The van der Waals surface area contributed by atoms with Gasteiger partial charge in [-0.15, -0.1) is 0 Å². The molecule has 2 bridgehead atoms. The summed E-state index contributed by atoms with van der Waals surface area (Å²) in [5, 5.41) is 0.866. The van der Waals surface area contributed by atoms with Gasteiger partial charge in [0.15, 0.2) is 0 Å². The van der Waals surface area contributed by atoms with Gasteiger partial charge in [0.2, 0.25) is 5.72 Å². The summed E-state index contributed by atoms with van der Waals surface area (Å²) in [6, 6.07) is 8.77. The second-order valence-electron chi connectivity index (χ2n) is 7.37. The number of esters is 1. The van der Waals surface area contributed by atoms with Crippen molar-refractivity contribution >= 4 is 16.9 Å². The van der Waals surface area contributed by atoms with Crippen molar-refractivity contribution in [2.75, 3.05) is 20.2 Å². The summed E-state index contributed by atoms with van der Waals surface area (Å²) in [6.45, 7) is 0.990.